The molecule has 2 heteroatoms. The summed E-state index contributed by atoms with van der Waals surface area (Å²) >= 11 is 1.87. The zero-order chi connectivity index (χ0) is 47.7. The van der Waals surface area contributed by atoms with Crippen LogP contribution in [0.4, 0.5) is 17.1 Å². The van der Waals surface area contributed by atoms with Gasteiger partial charge < -0.3 is 4.90 Å². The second-order valence-electron chi connectivity index (χ2n) is 20.3. The highest BCUT2D eigenvalue weighted by atomic mass is 32.1. The lowest BCUT2D eigenvalue weighted by Crippen LogP contribution is -2.25. The van der Waals surface area contributed by atoms with Crippen LogP contribution >= 0.6 is 11.3 Å². The van der Waals surface area contributed by atoms with Gasteiger partial charge in [-0.15, -0.1) is 11.3 Å². The molecule has 0 fully saturated rings. The highest BCUT2D eigenvalue weighted by Gasteiger charge is 2.52. The van der Waals surface area contributed by atoms with Crippen molar-refractivity contribution in [3.63, 3.8) is 0 Å². The standard InChI is InChI=1S/C70H47NS/c1-69(2)62-27-14-22-51(45-16-4-3-5-17-45)67(62)57-40-39-50(43-64(57)69)71(48-35-30-44(31-36-48)47-34-41-66-58(42-47)55-20-9-13-29-65(55)72-66)49-37-32-46(33-38-49)52-23-15-28-63-68(52)56-21-8-12-26-61(56)70(63)59-24-10-6-18-53(59)54-19-7-11-25-60(54)70/h3-43H,1-2H3. The molecule has 3 aliphatic carbocycles. The van der Waals surface area contributed by atoms with Crippen LogP contribution in [0, 0.1) is 0 Å². The van der Waals surface area contributed by atoms with Crippen molar-refractivity contribution in [1.82, 2.24) is 0 Å². The van der Waals surface area contributed by atoms with E-state index in [1.807, 2.05) is 11.3 Å². The van der Waals surface area contributed by atoms with E-state index in [4.69, 9.17) is 0 Å². The van der Waals surface area contributed by atoms with Gasteiger partial charge in [-0.1, -0.05) is 208 Å². The van der Waals surface area contributed by atoms with Crippen molar-refractivity contribution < 1.29 is 0 Å². The third-order valence-electron chi connectivity index (χ3n) is 16.3. The molecule has 0 atom stereocenters. The normalized spacial score (nSPS) is 13.9. The Labute approximate surface area is 424 Å². The number of thiophene rings is 1. The van der Waals surface area contributed by atoms with Crippen LogP contribution in [0.15, 0.2) is 249 Å². The van der Waals surface area contributed by atoms with E-state index >= 15 is 0 Å². The summed E-state index contributed by atoms with van der Waals surface area (Å²) in [6.45, 7) is 4.78. The molecule has 1 spiro atoms. The van der Waals surface area contributed by atoms with Crippen LogP contribution in [-0.2, 0) is 10.8 Å². The average Bonchev–Trinajstić information content (AvgIpc) is 4.14. The van der Waals surface area contributed by atoms with Crippen LogP contribution in [0.1, 0.15) is 47.2 Å². The van der Waals surface area contributed by atoms with Crippen molar-refractivity contribution in [2.75, 3.05) is 4.90 Å². The number of nitrogens with zero attached hydrogens (tertiary/aromatic N) is 1. The molecule has 0 N–H and O–H groups in total. The van der Waals surface area contributed by atoms with Gasteiger partial charge in [-0.3, -0.25) is 0 Å². The maximum Gasteiger partial charge on any atom is 0.0725 e. The number of benzene rings is 11. The van der Waals surface area contributed by atoms with Gasteiger partial charge in [0.2, 0.25) is 0 Å². The molecule has 0 saturated heterocycles. The molecule has 0 radical (unpaired) electrons. The molecule has 0 aliphatic heterocycles. The lowest BCUT2D eigenvalue weighted by molar-refractivity contribution is 0.660. The van der Waals surface area contributed by atoms with Crippen molar-refractivity contribution >= 4 is 48.6 Å². The minimum absolute atomic E-state index is 0.197. The molecule has 1 aromatic heterocycles. The predicted octanol–water partition coefficient (Wildman–Crippen LogP) is 19.2. The van der Waals surface area contributed by atoms with E-state index in [-0.39, 0.29) is 10.8 Å². The fourth-order valence-corrected chi connectivity index (χ4v) is 14.2. The van der Waals surface area contributed by atoms with Crippen LogP contribution < -0.4 is 4.90 Å². The Kier molecular flexibility index (Phi) is 8.86. The van der Waals surface area contributed by atoms with Gasteiger partial charge in [0.05, 0.1) is 5.41 Å². The van der Waals surface area contributed by atoms with Crippen molar-refractivity contribution in [3.8, 4) is 66.8 Å². The SMILES string of the molecule is CC1(C)c2cc(N(c3ccc(-c4ccc5sc6ccccc6c5c4)cc3)c3ccc(-c4cccc5c4-c4ccccc4C54c5ccccc5-c5ccccc54)cc3)ccc2-c2c(-c3ccccc3)cccc21. The molecule has 12 aromatic rings. The molecule has 3 aliphatic rings. The Hall–Kier alpha value is -8.56. The van der Waals surface area contributed by atoms with Crippen LogP contribution in [0.5, 0.6) is 0 Å². The Morgan fingerprint density at radius 3 is 1.46 bits per heavy atom. The minimum Gasteiger partial charge on any atom is -0.310 e. The maximum atomic E-state index is 2.46. The summed E-state index contributed by atoms with van der Waals surface area (Å²) in [5.74, 6) is 0. The molecule has 0 unspecified atom stereocenters. The summed E-state index contributed by atoms with van der Waals surface area (Å²) in [5, 5.41) is 2.64. The number of hydrogen-bond acceptors (Lipinski definition) is 2. The lowest BCUT2D eigenvalue weighted by Gasteiger charge is -2.30. The molecule has 1 nitrogen and oxygen atoms in total. The number of fused-ring (bicyclic) bond motifs is 16. The molecule has 72 heavy (non-hydrogen) atoms. The number of anilines is 3. The van der Waals surface area contributed by atoms with Gasteiger partial charge >= 0.3 is 0 Å². The monoisotopic (exact) mass is 933 g/mol. The van der Waals surface area contributed by atoms with E-state index in [1.165, 1.54) is 120 Å². The van der Waals surface area contributed by atoms with Gasteiger partial charge in [0.15, 0.2) is 0 Å². The molecule has 0 amide bonds. The summed E-state index contributed by atoms with van der Waals surface area (Å²) < 4.78 is 2.65. The Balaban J connectivity index is 0.871. The summed E-state index contributed by atoms with van der Waals surface area (Å²) in [4.78, 5) is 2.45. The fraction of sp³-hybridized carbons (Fsp3) is 0.0571. The number of rotatable bonds is 6. The van der Waals surface area contributed by atoms with Crippen LogP contribution in [0.3, 0.4) is 0 Å². The molecule has 338 valence electrons. The molecule has 0 bridgehead atoms. The van der Waals surface area contributed by atoms with Gasteiger partial charge in [0, 0.05) is 42.6 Å². The third-order valence-corrected chi connectivity index (χ3v) is 17.5. The van der Waals surface area contributed by atoms with Crippen LogP contribution in [-0.4, -0.2) is 0 Å². The Bertz CT molecular complexity index is 4130. The van der Waals surface area contributed by atoms with Gasteiger partial charge in [-0.2, -0.15) is 0 Å². The molecular formula is C70H47NS. The lowest BCUT2D eigenvalue weighted by atomic mass is 9.70. The smallest absolute Gasteiger partial charge is 0.0725 e. The van der Waals surface area contributed by atoms with Crippen LogP contribution in [0.2, 0.25) is 0 Å². The first-order valence-corrected chi connectivity index (χ1v) is 26.0. The van der Waals surface area contributed by atoms with Gasteiger partial charge in [0.25, 0.3) is 0 Å². The summed E-state index contributed by atoms with van der Waals surface area (Å²) in [6, 6.07) is 93.3. The Morgan fingerprint density at radius 1 is 0.292 bits per heavy atom. The van der Waals surface area contributed by atoms with Crippen LogP contribution in [0.25, 0.3) is 86.9 Å². The predicted molar refractivity (Wildman–Crippen MR) is 304 cm³/mol. The quantitative estimate of drug-likeness (QED) is 0.161. The summed E-state index contributed by atoms with van der Waals surface area (Å²) in [5.41, 5.74) is 26.3. The molecule has 15 rings (SSSR count). The van der Waals surface area contributed by atoms with E-state index in [2.05, 4.69) is 267 Å². The zero-order valence-electron chi connectivity index (χ0n) is 40.0. The largest absolute Gasteiger partial charge is 0.310 e. The van der Waals surface area contributed by atoms with Gasteiger partial charge in [-0.25, -0.2) is 0 Å². The van der Waals surface area contributed by atoms with Gasteiger partial charge in [0.1, 0.15) is 0 Å². The molecular weight excluding hydrogens is 887 g/mol. The minimum atomic E-state index is -0.385. The first-order valence-electron chi connectivity index (χ1n) is 25.2. The maximum absolute atomic E-state index is 2.46. The first kappa shape index (κ1) is 41.2. The first-order chi connectivity index (χ1) is 35.5. The van der Waals surface area contributed by atoms with Crippen molar-refractivity contribution in [3.05, 3.63) is 282 Å². The van der Waals surface area contributed by atoms with Crippen molar-refractivity contribution in [1.29, 1.82) is 0 Å². The second kappa shape index (κ2) is 15.5. The third kappa shape index (κ3) is 5.76. The summed E-state index contributed by atoms with van der Waals surface area (Å²) in [7, 11) is 0. The van der Waals surface area contributed by atoms with Crippen molar-refractivity contribution in [2.45, 2.75) is 24.7 Å². The summed E-state index contributed by atoms with van der Waals surface area (Å²) in [6.07, 6.45) is 0. The average molecular weight is 934 g/mol. The molecule has 11 aromatic carbocycles. The van der Waals surface area contributed by atoms with E-state index in [9.17, 15) is 0 Å². The second-order valence-corrected chi connectivity index (χ2v) is 21.4. The van der Waals surface area contributed by atoms with E-state index in [0.29, 0.717) is 0 Å². The topological polar surface area (TPSA) is 3.24 Å². The Morgan fingerprint density at radius 2 is 0.764 bits per heavy atom. The van der Waals surface area contributed by atoms with E-state index < -0.39 is 0 Å². The van der Waals surface area contributed by atoms with E-state index in [1.54, 1.807) is 0 Å². The molecule has 1 heterocycles. The molecule has 0 saturated carbocycles. The fourth-order valence-electron chi connectivity index (χ4n) is 13.1. The van der Waals surface area contributed by atoms with Gasteiger partial charge in [-0.05, 0) is 155 Å². The highest BCUT2D eigenvalue weighted by molar-refractivity contribution is 7.25. The van der Waals surface area contributed by atoms with E-state index in [0.717, 1.165) is 17.1 Å². The zero-order valence-corrected chi connectivity index (χ0v) is 40.8. The number of hydrogen-bond donors (Lipinski definition) is 0. The highest BCUT2D eigenvalue weighted by Crippen LogP contribution is 2.64. The van der Waals surface area contributed by atoms with Crippen molar-refractivity contribution in [2.24, 2.45) is 0 Å².